The van der Waals surface area contributed by atoms with Crippen LogP contribution in [0.15, 0.2) is 50.5 Å². The summed E-state index contributed by atoms with van der Waals surface area (Å²) in [4.78, 5) is 11.1. The number of nitrogens with zero attached hydrogens (tertiary/aromatic N) is 1. The molecule has 0 amide bonds. The molecule has 0 saturated heterocycles. The van der Waals surface area contributed by atoms with Gasteiger partial charge in [-0.15, -0.1) is 0 Å². The number of nitrogens with one attached hydrogen (secondary N) is 1. The first-order chi connectivity index (χ1) is 12.0. The van der Waals surface area contributed by atoms with Crippen molar-refractivity contribution in [3.05, 3.63) is 57.5 Å². The van der Waals surface area contributed by atoms with Crippen molar-refractivity contribution in [1.82, 2.24) is 4.57 Å². The Kier molecular flexibility index (Phi) is 4.27. The molecular formula is C15H10ClF3N2O4S. The predicted octanol–water partition coefficient (Wildman–Crippen LogP) is 3.60. The third-order valence-corrected chi connectivity index (χ3v) is 5.20. The lowest BCUT2D eigenvalue weighted by Gasteiger charge is -2.15. The normalized spacial score (nSPS) is 12.5. The van der Waals surface area contributed by atoms with Gasteiger partial charge in [-0.3, -0.25) is 9.29 Å². The molecule has 0 aliphatic rings. The SMILES string of the molecule is Cn1c(=O)oc2cc(S(=O)(=O)Nc3ccc(Cl)cc3C(F)(F)F)ccc21. The number of halogens is 4. The van der Waals surface area contributed by atoms with Gasteiger partial charge in [0.05, 0.1) is 21.7 Å². The van der Waals surface area contributed by atoms with Gasteiger partial charge in [-0.2, -0.15) is 13.2 Å². The minimum absolute atomic E-state index is 0.00692. The molecule has 0 atom stereocenters. The molecule has 0 fully saturated rings. The number of hydrogen-bond donors (Lipinski definition) is 1. The minimum atomic E-state index is -4.81. The van der Waals surface area contributed by atoms with Crippen LogP contribution in [0.25, 0.3) is 11.1 Å². The first-order valence-corrected chi connectivity index (χ1v) is 8.84. The van der Waals surface area contributed by atoms with E-state index in [1.807, 2.05) is 4.72 Å². The number of fused-ring (bicyclic) bond motifs is 1. The lowest BCUT2D eigenvalue weighted by molar-refractivity contribution is -0.136. The first-order valence-electron chi connectivity index (χ1n) is 6.98. The Balaban J connectivity index is 2.06. The van der Waals surface area contributed by atoms with Crippen LogP contribution in [0.4, 0.5) is 18.9 Å². The molecule has 0 aliphatic carbocycles. The maximum atomic E-state index is 13.1. The summed E-state index contributed by atoms with van der Waals surface area (Å²) in [6.45, 7) is 0. The third-order valence-electron chi connectivity index (χ3n) is 3.61. The maximum absolute atomic E-state index is 13.1. The zero-order valence-corrected chi connectivity index (χ0v) is 14.5. The summed E-state index contributed by atoms with van der Waals surface area (Å²) < 4.78 is 72.2. The molecule has 3 rings (SSSR count). The highest BCUT2D eigenvalue weighted by Gasteiger charge is 2.35. The molecular weight excluding hydrogens is 397 g/mol. The zero-order chi connectivity index (χ0) is 19.3. The van der Waals surface area contributed by atoms with Crippen LogP contribution in [0.5, 0.6) is 0 Å². The highest BCUT2D eigenvalue weighted by molar-refractivity contribution is 7.92. The number of oxazole rings is 1. The van der Waals surface area contributed by atoms with Crippen LogP contribution in [0.3, 0.4) is 0 Å². The van der Waals surface area contributed by atoms with E-state index in [4.69, 9.17) is 16.0 Å². The Morgan fingerprint density at radius 3 is 2.50 bits per heavy atom. The molecule has 6 nitrogen and oxygen atoms in total. The van der Waals surface area contributed by atoms with E-state index >= 15 is 0 Å². The summed E-state index contributed by atoms with van der Waals surface area (Å²) in [5.74, 6) is -0.695. The number of aromatic nitrogens is 1. The summed E-state index contributed by atoms with van der Waals surface area (Å²) in [7, 11) is -2.93. The number of hydrogen-bond acceptors (Lipinski definition) is 4. The second-order valence-corrected chi connectivity index (χ2v) is 7.47. The Hall–Kier alpha value is -2.46. The number of anilines is 1. The summed E-state index contributed by atoms with van der Waals surface area (Å²) in [6.07, 6.45) is -4.81. The number of rotatable bonds is 3. The van der Waals surface area contributed by atoms with Crippen molar-refractivity contribution in [2.75, 3.05) is 4.72 Å². The Morgan fingerprint density at radius 1 is 1.15 bits per heavy atom. The first kappa shape index (κ1) is 18.3. The van der Waals surface area contributed by atoms with E-state index in [9.17, 15) is 26.4 Å². The molecule has 0 bridgehead atoms. The van der Waals surface area contributed by atoms with Crippen molar-refractivity contribution >= 4 is 38.4 Å². The van der Waals surface area contributed by atoms with Gasteiger partial charge in [0.15, 0.2) is 5.58 Å². The van der Waals surface area contributed by atoms with E-state index in [0.29, 0.717) is 11.6 Å². The fourth-order valence-electron chi connectivity index (χ4n) is 2.33. The standard InChI is InChI=1S/C15H10ClF3N2O4S/c1-21-12-5-3-9(7-13(12)25-14(21)22)26(23,24)20-11-4-2-8(16)6-10(11)15(17,18)19/h2-7,20H,1H3. The Bertz CT molecular complexity index is 1170. The minimum Gasteiger partial charge on any atom is -0.408 e. The van der Waals surface area contributed by atoms with Gasteiger partial charge in [0, 0.05) is 18.1 Å². The fraction of sp³-hybridized carbons (Fsp3) is 0.133. The van der Waals surface area contributed by atoms with Crippen LogP contribution in [0.1, 0.15) is 5.56 Å². The quantitative estimate of drug-likeness (QED) is 0.720. The van der Waals surface area contributed by atoms with Crippen LogP contribution >= 0.6 is 11.6 Å². The van der Waals surface area contributed by atoms with Crippen molar-refractivity contribution in [1.29, 1.82) is 0 Å². The average Bonchev–Trinajstić information content (AvgIpc) is 2.82. The van der Waals surface area contributed by atoms with Crippen molar-refractivity contribution in [3.8, 4) is 0 Å². The smallest absolute Gasteiger partial charge is 0.408 e. The molecule has 138 valence electrons. The summed E-state index contributed by atoms with van der Waals surface area (Å²) in [6, 6.07) is 6.21. The fourth-order valence-corrected chi connectivity index (χ4v) is 3.59. The van der Waals surface area contributed by atoms with Gasteiger partial charge in [0.2, 0.25) is 0 Å². The van der Waals surface area contributed by atoms with E-state index in [1.54, 1.807) is 0 Å². The molecule has 2 aromatic carbocycles. The van der Waals surface area contributed by atoms with E-state index in [1.165, 1.54) is 17.7 Å². The topological polar surface area (TPSA) is 81.3 Å². The molecule has 0 unspecified atom stereocenters. The van der Waals surface area contributed by atoms with Crippen LogP contribution in [0, 0.1) is 0 Å². The second-order valence-electron chi connectivity index (χ2n) is 5.35. The molecule has 0 saturated carbocycles. The summed E-state index contributed by atoms with van der Waals surface area (Å²) in [5.41, 5.74) is -1.55. The number of alkyl halides is 3. The summed E-state index contributed by atoms with van der Waals surface area (Å²) >= 11 is 5.57. The molecule has 1 N–H and O–H groups in total. The molecule has 0 aliphatic heterocycles. The zero-order valence-electron chi connectivity index (χ0n) is 13.0. The van der Waals surface area contributed by atoms with E-state index in [2.05, 4.69) is 0 Å². The third kappa shape index (κ3) is 3.29. The number of benzene rings is 2. The molecule has 0 spiro atoms. The van der Waals surface area contributed by atoms with Gasteiger partial charge in [-0.1, -0.05) is 11.6 Å². The van der Waals surface area contributed by atoms with Crippen molar-refractivity contribution in [3.63, 3.8) is 0 Å². The van der Waals surface area contributed by atoms with Crippen LogP contribution < -0.4 is 10.5 Å². The second kappa shape index (κ2) is 6.06. The molecule has 11 heteroatoms. The lowest BCUT2D eigenvalue weighted by Crippen LogP contribution is -2.17. The van der Waals surface area contributed by atoms with Crippen molar-refractivity contribution in [2.45, 2.75) is 11.1 Å². The number of aryl methyl sites for hydroxylation is 1. The predicted molar refractivity (Wildman–Crippen MR) is 88.7 cm³/mol. The van der Waals surface area contributed by atoms with Crippen molar-refractivity contribution < 1.29 is 26.0 Å². The van der Waals surface area contributed by atoms with Crippen molar-refractivity contribution in [2.24, 2.45) is 7.05 Å². The molecule has 3 aromatic rings. The highest BCUT2D eigenvalue weighted by Crippen LogP contribution is 2.37. The van der Waals surface area contributed by atoms with Gasteiger partial charge < -0.3 is 4.42 Å². The molecule has 26 heavy (non-hydrogen) atoms. The highest BCUT2D eigenvalue weighted by atomic mass is 35.5. The van der Waals surface area contributed by atoms with Crippen LogP contribution in [-0.2, 0) is 23.2 Å². The van der Waals surface area contributed by atoms with Crippen LogP contribution in [0.2, 0.25) is 5.02 Å². The van der Waals surface area contributed by atoms with E-state index in [-0.39, 0.29) is 15.5 Å². The largest absolute Gasteiger partial charge is 0.419 e. The van der Waals surface area contributed by atoms with Crippen LogP contribution in [-0.4, -0.2) is 13.0 Å². The van der Waals surface area contributed by atoms with Gasteiger partial charge >= 0.3 is 11.9 Å². The van der Waals surface area contributed by atoms with Gasteiger partial charge in [0.25, 0.3) is 10.0 Å². The Morgan fingerprint density at radius 2 is 1.85 bits per heavy atom. The molecule has 0 radical (unpaired) electrons. The Labute approximate surface area is 149 Å². The van der Waals surface area contributed by atoms with E-state index in [0.717, 1.165) is 24.3 Å². The number of sulfonamides is 1. The maximum Gasteiger partial charge on any atom is 0.419 e. The van der Waals surface area contributed by atoms with Gasteiger partial charge in [-0.05, 0) is 30.3 Å². The lowest BCUT2D eigenvalue weighted by atomic mass is 10.2. The van der Waals surface area contributed by atoms with Gasteiger partial charge in [-0.25, -0.2) is 13.2 Å². The molecule has 1 heterocycles. The van der Waals surface area contributed by atoms with E-state index < -0.39 is 33.2 Å². The van der Waals surface area contributed by atoms with Gasteiger partial charge in [0.1, 0.15) is 0 Å². The molecule has 1 aromatic heterocycles. The summed E-state index contributed by atoms with van der Waals surface area (Å²) in [5, 5.41) is -0.187. The monoisotopic (exact) mass is 406 g/mol. The average molecular weight is 407 g/mol.